The Labute approximate surface area is 180 Å². The van der Waals surface area contributed by atoms with Crippen LogP contribution in [0.15, 0.2) is 46.9 Å². The molecule has 0 radical (unpaired) electrons. The van der Waals surface area contributed by atoms with Crippen LogP contribution in [0.2, 0.25) is 0 Å². The van der Waals surface area contributed by atoms with Crippen LogP contribution in [0.3, 0.4) is 0 Å². The number of hydrogen-bond donors (Lipinski definition) is 1. The average molecular weight is 422 g/mol. The predicted molar refractivity (Wildman–Crippen MR) is 118 cm³/mol. The molecule has 7 heteroatoms. The smallest absolute Gasteiger partial charge is 0.291 e. The number of para-hydroxylation sites is 1. The molecule has 1 aromatic heterocycles. The second kappa shape index (κ2) is 8.71. The first-order valence-corrected chi connectivity index (χ1v) is 10.4. The van der Waals surface area contributed by atoms with E-state index in [9.17, 15) is 9.59 Å². The van der Waals surface area contributed by atoms with E-state index in [0.29, 0.717) is 52.7 Å². The summed E-state index contributed by atoms with van der Waals surface area (Å²) >= 11 is 0. The maximum absolute atomic E-state index is 13.3. The topological polar surface area (TPSA) is 81.0 Å². The molecule has 0 atom stereocenters. The minimum atomic E-state index is -0.384. The fourth-order valence-corrected chi connectivity index (χ4v) is 3.80. The summed E-state index contributed by atoms with van der Waals surface area (Å²) < 4.78 is 16.4. The molecule has 0 spiro atoms. The number of nitrogens with one attached hydrogen (secondary N) is 1. The van der Waals surface area contributed by atoms with Crippen LogP contribution in [-0.4, -0.2) is 44.0 Å². The van der Waals surface area contributed by atoms with E-state index in [0.717, 1.165) is 12.8 Å². The lowest BCUT2D eigenvalue weighted by Gasteiger charge is -2.29. The van der Waals surface area contributed by atoms with Gasteiger partial charge in [-0.2, -0.15) is 0 Å². The summed E-state index contributed by atoms with van der Waals surface area (Å²) in [5, 5.41) is 3.57. The van der Waals surface area contributed by atoms with E-state index in [1.165, 1.54) is 14.2 Å². The first kappa shape index (κ1) is 20.8. The van der Waals surface area contributed by atoms with Crippen LogP contribution in [0.25, 0.3) is 11.0 Å². The zero-order valence-corrected chi connectivity index (χ0v) is 17.9. The molecule has 162 valence electrons. The van der Waals surface area contributed by atoms with Gasteiger partial charge in [-0.15, -0.1) is 0 Å². The van der Waals surface area contributed by atoms with Gasteiger partial charge >= 0.3 is 0 Å². The number of anilines is 1. The number of likely N-dealkylation sites (tertiary alicyclic amines) is 1. The second-order valence-electron chi connectivity index (χ2n) is 7.83. The zero-order chi connectivity index (χ0) is 22.0. The third-order valence-corrected chi connectivity index (χ3v) is 5.71. The highest BCUT2D eigenvalue weighted by atomic mass is 16.5. The SMILES string of the molecule is COc1cc(OC)cc(C(=O)Nc2c(C(=O)N3CCC(C)CC3)oc3ccccc23)c1. The van der Waals surface area contributed by atoms with Crippen molar-refractivity contribution in [1.29, 1.82) is 0 Å². The molecule has 1 aliphatic rings. The Morgan fingerprint density at radius 3 is 2.32 bits per heavy atom. The van der Waals surface area contributed by atoms with Crippen LogP contribution >= 0.6 is 0 Å². The molecule has 4 rings (SSSR count). The number of amides is 2. The second-order valence-corrected chi connectivity index (χ2v) is 7.83. The Kier molecular flexibility index (Phi) is 5.84. The molecule has 7 nitrogen and oxygen atoms in total. The number of rotatable bonds is 5. The molecule has 1 saturated heterocycles. The molecular weight excluding hydrogens is 396 g/mol. The normalized spacial score (nSPS) is 14.5. The number of carbonyl (C=O) groups is 2. The van der Waals surface area contributed by atoms with Crippen LogP contribution in [0, 0.1) is 5.92 Å². The van der Waals surface area contributed by atoms with Gasteiger partial charge in [-0.05, 0) is 43.0 Å². The molecule has 2 amide bonds. The monoisotopic (exact) mass is 422 g/mol. The number of piperidine rings is 1. The number of hydrogen-bond acceptors (Lipinski definition) is 5. The lowest BCUT2D eigenvalue weighted by Crippen LogP contribution is -2.38. The van der Waals surface area contributed by atoms with Gasteiger partial charge in [-0.25, -0.2) is 0 Å². The first-order valence-electron chi connectivity index (χ1n) is 10.4. The van der Waals surface area contributed by atoms with Crippen LogP contribution in [0.4, 0.5) is 5.69 Å². The van der Waals surface area contributed by atoms with Gasteiger partial charge in [-0.1, -0.05) is 19.1 Å². The molecule has 1 fully saturated rings. The minimum absolute atomic E-state index is 0.152. The van der Waals surface area contributed by atoms with Crippen molar-refractivity contribution in [1.82, 2.24) is 4.90 Å². The largest absolute Gasteiger partial charge is 0.497 e. The molecule has 0 saturated carbocycles. The van der Waals surface area contributed by atoms with Gasteiger partial charge < -0.3 is 24.1 Å². The first-order chi connectivity index (χ1) is 15.0. The summed E-state index contributed by atoms with van der Waals surface area (Å²) in [6.07, 6.45) is 1.91. The molecule has 0 bridgehead atoms. The molecule has 1 aliphatic heterocycles. The summed E-state index contributed by atoms with van der Waals surface area (Å²) in [5.41, 5.74) is 1.28. The van der Waals surface area contributed by atoms with Crippen molar-refractivity contribution in [3.05, 3.63) is 53.8 Å². The Bertz CT molecular complexity index is 1090. The molecule has 31 heavy (non-hydrogen) atoms. The van der Waals surface area contributed by atoms with Crippen molar-refractivity contribution in [3.8, 4) is 11.5 Å². The molecule has 3 aromatic rings. The lowest BCUT2D eigenvalue weighted by atomic mass is 9.99. The van der Waals surface area contributed by atoms with E-state index in [-0.39, 0.29) is 17.6 Å². The molecule has 0 unspecified atom stereocenters. The van der Waals surface area contributed by atoms with Crippen LogP contribution in [-0.2, 0) is 0 Å². The zero-order valence-electron chi connectivity index (χ0n) is 17.9. The number of furan rings is 1. The quantitative estimate of drug-likeness (QED) is 0.651. The summed E-state index contributed by atoms with van der Waals surface area (Å²) in [6, 6.07) is 12.2. The standard InChI is InChI=1S/C24H26N2O5/c1-15-8-10-26(11-9-15)24(28)22-21(19-6-4-5-7-20(19)31-22)25-23(27)16-12-17(29-2)14-18(13-16)30-3/h4-7,12-15H,8-11H2,1-3H3,(H,25,27). The van der Waals surface area contributed by atoms with Gasteiger partial charge in [0.05, 0.1) is 14.2 Å². The highest BCUT2D eigenvalue weighted by Gasteiger charge is 2.29. The van der Waals surface area contributed by atoms with Gasteiger partial charge in [0.15, 0.2) is 0 Å². The molecule has 2 aromatic carbocycles. The number of methoxy groups -OCH3 is 2. The maximum atomic E-state index is 13.3. The van der Waals surface area contributed by atoms with E-state index in [1.807, 2.05) is 18.2 Å². The molecule has 0 aliphatic carbocycles. The third kappa shape index (κ3) is 4.21. The number of carbonyl (C=O) groups excluding carboxylic acids is 2. The number of nitrogens with zero attached hydrogens (tertiary/aromatic N) is 1. The van der Waals surface area contributed by atoms with Crippen LogP contribution < -0.4 is 14.8 Å². The van der Waals surface area contributed by atoms with Crippen molar-refractivity contribution in [2.24, 2.45) is 5.92 Å². The Hall–Kier alpha value is -3.48. The predicted octanol–water partition coefficient (Wildman–Crippen LogP) is 4.57. The van der Waals surface area contributed by atoms with Gasteiger partial charge in [0.25, 0.3) is 11.8 Å². The van der Waals surface area contributed by atoms with Gasteiger partial charge in [-0.3, -0.25) is 9.59 Å². The van der Waals surface area contributed by atoms with E-state index < -0.39 is 0 Å². The van der Waals surface area contributed by atoms with Gasteiger partial charge in [0.2, 0.25) is 5.76 Å². The number of ether oxygens (including phenoxy) is 2. The molecule has 2 heterocycles. The minimum Gasteiger partial charge on any atom is -0.497 e. The highest BCUT2D eigenvalue weighted by Crippen LogP contribution is 2.33. The van der Waals surface area contributed by atoms with Crippen LogP contribution in [0.1, 0.15) is 40.7 Å². The summed E-state index contributed by atoms with van der Waals surface area (Å²) in [5.74, 6) is 1.16. The third-order valence-electron chi connectivity index (χ3n) is 5.71. The lowest BCUT2D eigenvalue weighted by molar-refractivity contribution is 0.0669. The van der Waals surface area contributed by atoms with E-state index in [2.05, 4.69) is 12.2 Å². The van der Waals surface area contributed by atoms with E-state index in [4.69, 9.17) is 13.9 Å². The summed E-state index contributed by atoms with van der Waals surface area (Å²) in [6.45, 7) is 3.55. The Morgan fingerprint density at radius 1 is 1.03 bits per heavy atom. The van der Waals surface area contributed by atoms with E-state index in [1.54, 1.807) is 29.2 Å². The summed E-state index contributed by atoms with van der Waals surface area (Å²) in [4.78, 5) is 28.1. The van der Waals surface area contributed by atoms with Crippen molar-refractivity contribution in [3.63, 3.8) is 0 Å². The maximum Gasteiger partial charge on any atom is 0.291 e. The Morgan fingerprint density at radius 2 is 1.68 bits per heavy atom. The fourth-order valence-electron chi connectivity index (χ4n) is 3.80. The van der Waals surface area contributed by atoms with Crippen molar-refractivity contribution < 1.29 is 23.5 Å². The Balaban J connectivity index is 1.69. The molecular formula is C24H26N2O5. The van der Waals surface area contributed by atoms with E-state index >= 15 is 0 Å². The number of fused-ring (bicyclic) bond motifs is 1. The van der Waals surface area contributed by atoms with Crippen molar-refractivity contribution >= 4 is 28.5 Å². The molecule has 1 N–H and O–H groups in total. The van der Waals surface area contributed by atoms with Crippen molar-refractivity contribution in [2.45, 2.75) is 19.8 Å². The number of benzene rings is 2. The fraction of sp³-hybridized carbons (Fsp3) is 0.333. The van der Waals surface area contributed by atoms with Gasteiger partial charge in [0.1, 0.15) is 22.8 Å². The van der Waals surface area contributed by atoms with Crippen LogP contribution in [0.5, 0.6) is 11.5 Å². The highest BCUT2D eigenvalue weighted by molar-refractivity contribution is 6.14. The average Bonchev–Trinajstić information content (AvgIpc) is 3.17. The van der Waals surface area contributed by atoms with Gasteiger partial charge in [0, 0.05) is 30.1 Å². The van der Waals surface area contributed by atoms with Crippen molar-refractivity contribution in [2.75, 3.05) is 32.6 Å². The summed E-state index contributed by atoms with van der Waals surface area (Å²) in [7, 11) is 3.05.